The normalized spacial score (nSPS) is 18.5. The predicted molar refractivity (Wildman–Crippen MR) is 337 cm³/mol. The molecule has 7 unspecified atom stereocenters. The number of carbonyl (C=O) groups excluding carboxylic acids is 1. The van der Waals surface area contributed by atoms with Crippen LogP contribution in [0.4, 0.5) is 0 Å². The van der Waals surface area contributed by atoms with E-state index in [9.17, 15) is 30.3 Å². The first kappa shape index (κ1) is 75.9. The van der Waals surface area contributed by atoms with Gasteiger partial charge in [-0.25, -0.2) is 0 Å². The standard InChI is InChI=1S/C70H137NO8/c1-3-5-7-9-11-13-15-17-19-21-23-25-27-29-31-32-34-36-38-40-42-44-46-48-50-52-54-56-58-60-66(74)71-63(62-78-70-69(77)68(76)67(75)65(61-72)79-70)64(73)59-57-55-53-51-49-47-45-43-41-39-37-35-33-30-28-26-24-22-20-18-16-14-12-10-8-6-4-2/h21,23,63-65,67-70,72-73,75-77H,3-20,22,24-62H2,1-2H3,(H,71,74)/b23-21-. The summed E-state index contributed by atoms with van der Waals surface area (Å²) in [7, 11) is 0. The van der Waals surface area contributed by atoms with Gasteiger partial charge in [-0.15, -0.1) is 0 Å². The predicted octanol–water partition coefficient (Wildman–Crippen LogP) is 19.1. The van der Waals surface area contributed by atoms with E-state index in [0.717, 1.165) is 38.5 Å². The number of aliphatic hydroxyl groups is 5. The fourth-order valence-corrected chi connectivity index (χ4v) is 11.8. The minimum atomic E-state index is -1.55. The van der Waals surface area contributed by atoms with Crippen LogP contribution in [-0.2, 0) is 14.3 Å². The van der Waals surface area contributed by atoms with Crippen molar-refractivity contribution in [3.63, 3.8) is 0 Å². The first-order valence-corrected chi connectivity index (χ1v) is 35.4. The van der Waals surface area contributed by atoms with Crippen molar-refractivity contribution in [2.75, 3.05) is 13.2 Å². The van der Waals surface area contributed by atoms with Gasteiger partial charge >= 0.3 is 0 Å². The molecule has 0 radical (unpaired) electrons. The number of amides is 1. The van der Waals surface area contributed by atoms with E-state index in [1.54, 1.807) is 0 Å². The minimum Gasteiger partial charge on any atom is -0.394 e. The lowest BCUT2D eigenvalue weighted by Gasteiger charge is -2.40. The Labute approximate surface area is 490 Å². The molecule has 1 rings (SSSR count). The number of hydrogen-bond acceptors (Lipinski definition) is 8. The van der Waals surface area contributed by atoms with Crippen LogP contribution in [0.15, 0.2) is 12.2 Å². The molecule has 79 heavy (non-hydrogen) atoms. The molecule has 0 bridgehead atoms. The first-order chi connectivity index (χ1) is 38.8. The van der Waals surface area contributed by atoms with E-state index in [2.05, 4.69) is 31.3 Å². The summed E-state index contributed by atoms with van der Waals surface area (Å²) in [6.45, 7) is 3.90. The molecular formula is C70H137NO8. The maximum Gasteiger partial charge on any atom is 0.220 e. The number of allylic oxidation sites excluding steroid dienone is 2. The molecule has 0 spiro atoms. The summed E-state index contributed by atoms with van der Waals surface area (Å²) >= 11 is 0. The number of nitrogens with one attached hydrogen (secondary N) is 1. The van der Waals surface area contributed by atoms with Gasteiger partial charge < -0.3 is 40.3 Å². The van der Waals surface area contributed by atoms with Crippen molar-refractivity contribution in [3.05, 3.63) is 12.2 Å². The van der Waals surface area contributed by atoms with E-state index in [-0.39, 0.29) is 12.5 Å². The van der Waals surface area contributed by atoms with Crippen molar-refractivity contribution >= 4 is 5.91 Å². The van der Waals surface area contributed by atoms with Gasteiger partial charge in [-0.05, 0) is 38.5 Å². The first-order valence-electron chi connectivity index (χ1n) is 35.4. The molecule has 7 atom stereocenters. The van der Waals surface area contributed by atoms with E-state index in [0.29, 0.717) is 12.8 Å². The third kappa shape index (κ3) is 49.0. The quantitative estimate of drug-likeness (QED) is 0.0261. The van der Waals surface area contributed by atoms with Crippen LogP contribution in [0.3, 0.4) is 0 Å². The van der Waals surface area contributed by atoms with Crippen molar-refractivity contribution in [1.82, 2.24) is 5.32 Å². The second kappa shape index (κ2) is 60.1. The molecule has 1 aliphatic rings. The summed E-state index contributed by atoms with van der Waals surface area (Å²) in [5, 5.41) is 55.0. The Morgan fingerprint density at radius 2 is 0.709 bits per heavy atom. The third-order valence-electron chi connectivity index (χ3n) is 17.4. The molecule has 6 N–H and O–H groups in total. The molecule has 0 aliphatic carbocycles. The zero-order valence-corrected chi connectivity index (χ0v) is 52.7. The Morgan fingerprint density at radius 1 is 0.418 bits per heavy atom. The minimum absolute atomic E-state index is 0.132. The highest BCUT2D eigenvalue weighted by atomic mass is 16.7. The molecule has 1 amide bonds. The Kier molecular flexibility index (Phi) is 57.7. The molecule has 0 saturated carbocycles. The molecule has 0 aromatic heterocycles. The Balaban J connectivity index is 2.10. The molecule has 1 saturated heterocycles. The SMILES string of the molecule is CCCCCCCCCC/C=C\CCCCCCCCCCCCCCCCCCCC(=O)NC(COC1OC(CO)C(O)C(O)C1O)C(O)CCCCCCCCCCCCCCCCCCCCCCCCCCCCC. The molecular weight excluding hydrogens is 983 g/mol. The monoisotopic (exact) mass is 1120 g/mol. The number of aliphatic hydroxyl groups excluding tert-OH is 5. The van der Waals surface area contributed by atoms with E-state index in [1.165, 1.54) is 308 Å². The van der Waals surface area contributed by atoms with Crippen LogP contribution in [0.2, 0.25) is 0 Å². The van der Waals surface area contributed by atoms with Gasteiger partial charge in [0.05, 0.1) is 25.4 Å². The van der Waals surface area contributed by atoms with Gasteiger partial charge in [0, 0.05) is 6.42 Å². The van der Waals surface area contributed by atoms with Crippen molar-refractivity contribution in [1.29, 1.82) is 0 Å². The average molecular weight is 1120 g/mol. The summed E-state index contributed by atoms with van der Waals surface area (Å²) in [6.07, 6.45) is 70.0. The largest absolute Gasteiger partial charge is 0.394 e. The van der Waals surface area contributed by atoms with Crippen molar-refractivity contribution in [2.45, 2.75) is 416 Å². The number of hydrogen-bond donors (Lipinski definition) is 6. The Hall–Kier alpha value is -1.07. The highest BCUT2D eigenvalue weighted by molar-refractivity contribution is 5.76. The van der Waals surface area contributed by atoms with Gasteiger partial charge in [0.2, 0.25) is 5.91 Å². The van der Waals surface area contributed by atoms with E-state index >= 15 is 0 Å². The molecule has 0 aromatic rings. The van der Waals surface area contributed by atoms with Crippen LogP contribution < -0.4 is 5.32 Å². The molecule has 1 aliphatic heterocycles. The third-order valence-corrected chi connectivity index (χ3v) is 17.4. The molecule has 470 valence electrons. The zero-order valence-electron chi connectivity index (χ0n) is 52.7. The van der Waals surface area contributed by atoms with Gasteiger partial charge in [-0.2, -0.15) is 0 Å². The van der Waals surface area contributed by atoms with Gasteiger partial charge in [-0.3, -0.25) is 4.79 Å². The number of carbonyl (C=O) groups is 1. The summed E-state index contributed by atoms with van der Waals surface area (Å²) in [6, 6.07) is -0.717. The number of ether oxygens (including phenoxy) is 2. The lowest BCUT2D eigenvalue weighted by molar-refractivity contribution is -0.302. The molecule has 1 fully saturated rings. The van der Waals surface area contributed by atoms with Crippen LogP contribution in [0.25, 0.3) is 0 Å². The average Bonchev–Trinajstić information content (AvgIpc) is 3.47. The van der Waals surface area contributed by atoms with Crippen LogP contribution in [0.5, 0.6) is 0 Å². The van der Waals surface area contributed by atoms with E-state index in [4.69, 9.17) is 9.47 Å². The highest BCUT2D eigenvalue weighted by Crippen LogP contribution is 2.24. The van der Waals surface area contributed by atoms with Gasteiger partial charge in [0.25, 0.3) is 0 Å². The fraction of sp³-hybridized carbons (Fsp3) is 0.957. The van der Waals surface area contributed by atoms with E-state index in [1.807, 2.05) is 0 Å². The smallest absolute Gasteiger partial charge is 0.220 e. The van der Waals surface area contributed by atoms with E-state index < -0.39 is 49.5 Å². The molecule has 1 heterocycles. The van der Waals surface area contributed by atoms with Crippen molar-refractivity contribution in [3.8, 4) is 0 Å². The molecule has 9 nitrogen and oxygen atoms in total. The summed E-state index contributed by atoms with van der Waals surface area (Å²) in [5.41, 5.74) is 0. The second-order valence-corrected chi connectivity index (χ2v) is 25.0. The summed E-state index contributed by atoms with van der Waals surface area (Å²) < 4.78 is 11.4. The zero-order chi connectivity index (χ0) is 57.2. The van der Waals surface area contributed by atoms with Crippen molar-refractivity contribution in [2.24, 2.45) is 0 Å². The highest BCUT2D eigenvalue weighted by Gasteiger charge is 2.44. The van der Waals surface area contributed by atoms with Crippen molar-refractivity contribution < 1.29 is 39.8 Å². The number of unbranched alkanes of at least 4 members (excludes halogenated alkanes) is 51. The Bertz CT molecular complexity index is 1250. The number of rotatable bonds is 63. The summed E-state index contributed by atoms with van der Waals surface area (Å²) in [4.78, 5) is 13.2. The van der Waals surface area contributed by atoms with Crippen LogP contribution in [0.1, 0.15) is 373 Å². The van der Waals surface area contributed by atoms with Gasteiger partial charge in [-0.1, -0.05) is 341 Å². The fourth-order valence-electron chi connectivity index (χ4n) is 11.8. The van der Waals surface area contributed by atoms with Crippen LogP contribution >= 0.6 is 0 Å². The molecule has 0 aromatic carbocycles. The summed E-state index contributed by atoms with van der Waals surface area (Å²) in [5.74, 6) is -0.135. The van der Waals surface area contributed by atoms with Gasteiger partial charge in [0.15, 0.2) is 6.29 Å². The topological polar surface area (TPSA) is 149 Å². The lowest BCUT2D eigenvalue weighted by Crippen LogP contribution is -2.60. The Morgan fingerprint density at radius 3 is 1.03 bits per heavy atom. The van der Waals surface area contributed by atoms with Gasteiger partial charge in [0.1, 0.15) is 24.4 Å². The maximum atomic E-state index is 13.2. The van der Waals surface area contributed by atoms with Crippen LogP contribution in [0, 0.1) is 0 Å². The molecule has 9 heteroatoms. The second-order valence-electron chi connectivity index (χ2n) is 25.0. The lowest BCUT2D eigenvalue weighted by atomic mass is 9.99. The van der Waals surface area contributed by atoms with Crippen LogP contribution in [-0.4, -0.2) is 87.5 Å². The maximum absolute atomic E-state index is 13.2.